The number of hydrogen-bond donors (Lipinski definition) is 0. The fraction of sp³-hybridized carbons (Fsp3) is 0.684. The summed E-state index contributed by atoms with van der Waals surface area (Å²) in [5.74, 6) is 0.323. The van der Waals surface area contributed by atoms with E-state index in [1.54, 1.807) is 0 Å². The van der Waals surface area contributed by atoms with Crippen LogP contribution in [0.3, 0.4) is 0 Å². The number of piperidine rings is 1. The van der Waals surface area contributed by atoms with Gasteiger partial charge in [0.1, 0.15) is 0 Å². The number of carbonyl (C=O) groups excluding carboxylic acids is 1. The maximum atomic E-state index is 12.7. The Morgan fingerprint density at radius 1 is 1.00 bits per heavy atom. The monoisotopic (exact) mass is 330 g/mol. The SMILES string of the molecule is C[C@H](C(=O)N1CCCCC1)N1CCN([C@@H](C)c2cccnc2)CC1. The van der Waals surface area contributed by atoms with Gasteiger partial charge >= 0.3 is 0 Å². The minimum Gasteiger partial charge on any atom is -0.341 e. The van der Waals surface area contributed by atoms with E-state index in [0.29, 0.717) is 11.9 Å². The van der Waals surface area contributed by atoms with Crippen LogP contribution in [0.1, 0.15) is 44.7 Å². The number of piperazine rings is 1. The molecule has 0 saturated carbocycles. The smallest absolute Gasteiger partial charge is 0.239 e. The highest BCUT2D eigenvalue weighted by Gasteiger charge is 2.30. The zero-order valence-corrected chi connectivity index (χ0v) is 15.0. The van der Waals surface area contributed by atoms with Gasteiger partial charge in [-0.2, -0.15) is 0 Å². The molecule has 0 radical (unpaired) electrons. The van der Waals surface area contributed by atoms with E-state index in [-0.39, 0.29) is 6.04 Å². The number of aromatic nitrogens is 1. The summed E-state index contributed by atoms with van der Waals surface area (Å²) in [6.07, 6.45) is 7.37. The van der Waals surface area contributed by atoms with E-state index < -0.39 is 0 Å². The molecule has 24 heavy (non-hydrogen) atoms. The summed E-state index contributed by atoms with van der Waals surface area (Å²) < 4.78 is 0. The first kappa shape index (κ1) is 17.4. The van der Waals surface area contributed by atoms with E-state index in [9.17, 15) is 4.79 Å². The van der Waals surface area contributed by atoms with E-state index in [1.165, 1.54) is 12.0 Å². The third-order valence-electron chi connectivity index (χ3n) is 5.64. The van der Waals surface area contributed by atoms with Gasteiger partial charge in [0.25, 0.3) is 0 Å². The van der Waals surface area contributed by atoms with Crippen LogP contribution in [0.4, 0.5) is 0 Å². The summed E-state index contributed by atoms with van der Waals surface area (Å²) in [4.78, 5) is 23.8. The van der Waals surface area contributed by atoms with Crippen LogP contribution < -0.4 is 0 Å². The Labute approximate surface area is 145 Å². The first-order valence-corrected chi connectivity index (χ1v) is 9.33. The standard InChI is InChI=1S/C19H30N4O/c1-16(18-7-6-8-20-15-18)21-11-13-22(14-12-21)17(2)19(24)23-9-4-3-5-10-23/h6-8,15-17H,3-5,9-14H2,1-2H3/t16-,17+/m0/s1. The van der Waals surface area contributed by atoms with Gasteiger partial charge < -0.3 is 4.90 Å². The molecule has 0 aromatic carbocycles. The molecule has 2 fully saturated rings. The van der Waals surface area contributed by atoms with Gasteiger partial charge in [-0.15, -0.1) is 0 Å². The van der Waals surface area contributed by atoms with Crippen molar-refractivity contribution in [1.29, 1.82) is 0 Å². The van der Waals surface area contributed by atoms with Crippen LogP contribution in [-0.4, -0.2) is 70.9 Å². The molecule has 0 N–H and O–H groups in total. The Morgan fingerprint density at radius 3 is 2.29 bits per heavy atom. The molecule has 2 aliphatic heterocycles. The number of nitrogens with zero attached hydrogens (tertiary/aromatic N) is 4. The van der Waals surface area contributed by atoms with E-state index in [2.05, 4.69) is 39.6 Å². The van der Waals surface area contributed by atoms with Crippen LogP contribution in [0.5, 0.6) is 0 Å². The van der Waals surface area contributed by atoms with E-state index >= 15 is 0 Å². The molecule has 0 bridgehead atoms. The second kappa shape index (κ2) is 8.08. The molecule has 2 saturated heterocycles. The van der Waals surface area contributed by atoms with Crippen molar-refractivity contribution in [1.82, 2.24) is 19.7 Å². The van der Waals surface area contributed by atoms with E-state index in [0.717, 1.165) is 52.1 Å². The van der Waals surface area contributed by atoms with Gasteiger partial charge in [-0.1, -0.05) is 6.07 Å². The highest BCUT2D eigenvalue weighted by molar-refractivity contribution is 5.81. The molecule has 2 atom stereocenters. The van der Waals surface area contributed by atoms with Crippen molar-refractivity contribution in [3.63, 3.8) is 0 Å². The summed E-state index contributed by atoms with van der Waals surface area (Å²) in [6.45, 7) is 10.2. The summed E-state index contributed by atoms with van der Waals surface area (Å²) in [5, 5.41) is 0. The molecule has 1 amide bonds. The fourth-order valence-corrected chi connectivity index (χ4v) is 3.88. The average Bonchev–Trinajstić information content (AvgIpc) is 2.68. The average molecular weight is 330 g/mol. The van der Waals surface area contributed by atoms with Crippen LogP contribution in [0.2, 0.25) is 0 Å². The molecule has 5 nitrogen and oxygen atoms in total. The lowest BCUT2D eigenvalue weighted by Crippen LogP contribution is -2.55. The minimum absolute atomic E-state index is 0.0129. The van der Waals surface area contributed by atoms with Crippen molar-refractivity contribution in [2.75, 3.05) is 39.3 Å². The Bertz CT molecular complexity index is 521. The largest absolute Gasteiger partial charge is 0.341 e. The van der Waals surface area contributed by atoms with Crippen molar-refractivity contribution in [3.8, 4) is 0 Å². The Balaban J connectivity index is 1.51. The predicted molar refractivity (Wildman–Crippen MR) is 95.7 cm³/mol. The van der Waals surface area contributed by atoms with Crippen molar-refractivity contribution in [2.24, 2.45) is 0 Å². The molecular weight excluding hydrogens is 300 g/mol. The zero-order valence-electron chi connectivity index (χ0n) is 15.0. The molecule has 2 aliphatic rings. The van der Waals surface area contributed by atoms with Gasteiger partial charge in [0, 0.05) is 57.7 Å². The minimum atomic E-state index is 0.0129. The molecule has 0 spiro atoms. The second-order valence-corrected chi connectivity index (χ2v) is 7.10. The molecular formula is C19H30N4O. The summed E-state index contributed by atoms with van der Waals surface area (Å²) in [6, 6.07) is 4.54. The van der Waals surface area contributed by atoms with Crippen LogP contribution >= 0.6 is 0 Å². The summed E-state index contributed by atoms with van der Waals surface area (Å²) in [5.41, 5.74) is 1.27. The number of pyridine rings is 1. The van der Waals surface area contributed by atoms with E-state index in [1.807, 2.05) is 18.5 Å². The Morgan fingerprint density at radius 2 is 1.67 bits per heavy atom. The van der Waals surface area contributed by atoms with Gasteiger partial charge in [0.2, 0.25) is 5.91 Å². The van der Waals surface area contributed by atoms with Crippen molar-refractivity contribution in [3.05, 3.63) is 30.1 Å². The molecule has 3 rings (SSSR count). The number of rotatable bonds is 4. The molecule has 0 unspecified atom stereocenters. The van der Waals surface area contributed by atoms with E-state index in [4.69, 9.17) is 0 Å². The second-order valence-electron chi connectivity index (χ2n) is 7.10. The lowest BCUT2D eigenvalue weighted by atomic mass is 10.1. The van der Waals surface area contributed by atoms with Gasteiger partial charge in [-0.25, -0.2) is 0 Å². The number of hydrogen-bond acceptors (Lipinski definition) is 4. The lowest BCUT2D eigenvalue weighted by molar-refractivity contribution is -0.138. The number of amides is 1. The molecule has 132 valence electrons. The quantitative estimate of drug-likeness (QED) is 0.848. The van der Waals surface area contributed by atoms with Crippen LogP contribution in [-0.2, 0) is 4.79 Å². The van der Waals surface area contributed by atoms with Crippen molar-refractivity contribution in [2.45, 2.75) is 45.2 Å². The van der Waals surface area contributed by atoms with Gasteiger partial charge in [0.15, 0.2) is 0 Å². The molecule has 1 aromatic rings. The predicted octanol–water partition coefficient (Wildman–Crippen LogP) is 2.16. The van der Waals surface area contributed by atoms with Gasteiger partial charge in [0.05, 0.1) is 6.04 Å². The van der Waals surface area contributed by atoms with Crippen molar-refractivity contribution >= 4 is 5.91 Å². The van der Waals surface area contributed by atoms with Crippen LogP contribution in [0.15, 0.2) is 24.5 Å². The van der Waals surface area contributed by atoms with Gasteiger partial charge in [-0.3, -0.25) is 19.6 Å². The highest BCUT2D eigenvalue weighted by atomic mass is 16.2. The normalized spacial score (nSPS) is 23.0. The number of carbonyl (C=O) groups is 1. The Kier molecular flexibility index (Phi) is 5.85. The van der Waals surface area contributed by atoms with Crippen LogP contribution in [0, 0.1) is 0 Å². The Hall–Kier alpha value is -1.46. The summed E-state index contributed by atoms with van der Waals surface area (Å²) >= 11 is 0. The third kappa shape index (κ3) is 3.95. The molecule has 3 heterocycles. The number of likely N-dealkylation sites (tertiary alicyclic amines) is 1. The van der Waals surface area contributed by atoms with Crippen LogP contribution in [0.25, 0.3) is 0 Å². The lowest BCUT2D eigenvalue weighted by Gasteiger charge is -2.41. The molecule has 0 aliphatic carbocycles. The summed E-state index contributed by atoms with van der Waals surface area (Å²) in [7, 11) is 0. The third-order valence-corrected chi connectivity index (χ3v) is 5.64. The molecule has 5 heteroatoms. The first-order chi connectivity index (χ1) is 11.7. The fourth-order valence-electron chi connectivity index (χ4n) is 3.88. The molecule has 1 aromatic heterocycles. The highest BCUT2D eigenvalue weighted by Crippen LogP contribution is 2.22. The maximum absolute atomic E-state index is 12.7. The first-order valence-electron chi connectivity index (χ1n) is 9.33. The topological polar surface area (TPSA) is 39.7 Å². The zero-order chi connectivity index (χ0) is 16.9. The van der Waals surface area contributed by atoms with Gasteiger partial charge in [-0.05, 0) is 44.7 Å². The maximum Gasteiger partial charge on any atom is 0.239 e. The van der Waals surface area contributed by atoms with Crippen molar-refractivity contribution < 1.29 is 4.79 Å².